The largest absolute Gasteiger partial charge is 0.311 e. The van der Waals surface area contributed by atoms with Crippen LogP contribution in [0.2, 0.25) is 0 Å². The van der Waals surface area contributed by atoms with Gasteiger partial charge in [0.15, 0.2) is 0 Å². The molecule has 0 fully saturated rings. The summed E-state index contributed by atoms with van der Waals surface area (Å²) in [4.78, 5) is 11.5. The van der Waals surface area contributed by atoms with Crippen molar-refractivity contribution in [2.45, 2.75) is 13.5 Å². The van der Waals surface area contributed by atoms with Crippen molar-refractivity contribution in [1.82, 2.24) is 4.57 Å². The van der Waals surface area contributed by atoms with Crippen LogP contribution in [-0.2, 0) is 6.54 Å². The van der Waals surface area contributed by atoms with Gasteiger partial charge >= 0.3 is 0 Å². The Morgan fingerprint density at radius 3 is 2.93 bits per heavy atom. The number of pyridine rings is 1. The Bertz CT molecular complexity index is 470. The number of aryl methyl sites for hydroxylation is 1. The summed E-state index contributed by atoms with van der Waals surface area (Å²) in [5, 5.41) is 4.08. The molecule has 0 unspecified atom stereocenters. The summed E-state index contributed by atoms with van der Waals surface area (Å²) in [6.45, 7) is 2.60. The highest BCUT2D eigenvalue weighted by Gasteiger charge is 1.97. The van der Waals surface area contributed by atoms with E-state index in [9.17, 15) is 4.79 Å². The van der Waals surface area contributed by atoms with Crippen molar-refractivity contribution in [2.75, 3.05) is 0 Å². The maximum absolute atomic E-state index is 11.5. The summed E-state index contributed by atoms with van der Waals surface area (Å²) >= 11 is 1.65. The second kappa shape index (κ2) is 3.80. The molecule has 0 bridgehead atoms. The molecule has 0 amide bonds. The second-order valence-electron chi connectivity index (χ2n) is 3.30. The molecule has 14 heavy (non-hydrogen) atoms. The molecular weight excluding hydrogens is 194 g/mol. The lowest BCUT2D eigenvalue weighted by molar-refractivity contribution is 0.759. The first-order valence-electron chi connectivity index (χ1n) is 4.44. The molecule has 2 rings (SSSR count). The van der Waals surface area contributed by atoms with Crippen LogP contribution in [0.5, 0.6) is 0 Å². The van der Waals surface area contributed by atoms with Crippen molar-refractivity contribution < 1.29 is 0 Å². The minimum absolute atomic E-state index is 0.0659. The molecule has 0 aromatic carbocycles. The fourth-order valence-corrected chi connectivity index (χ4v) is 1.98. The Hall–Kier alpha value is -1.35. The molecular formula is C11H11NOS. The van der Waals surface area contributed by atoms with Crippen LogP contribution in [0.4, 0.5) is 0 Å². The van der Waals surface area contributed by atoms with Gasteiger partial charge in [-0.2, -0.15) is 11.3 Å². The van der Waals surface area contributed by atoms with Crippen molar-refractivity contribution in [2.24, 2.45) is 0 Å². The van der Waals surface area contributed by atoms with E-state index in [4.69, 9.17) is 0 Å². The second-order valence-corrected chi connectivity index (χ2v) is 4.08. The number of thiophene rings is 1. The number of rotatable bonds is 2. The van der Waals surface area contributed by atoms with Crippen LogP contribution in [0.1, 0.15) is 11.1 Å². The Morgan fingerprint density at radius 2 is 2.29 bits per heavy atom. The number of hydrogen-bond donors (Lipinski definition) is 0. The smallest absolute Gasteiger partial charge is 0.251 e. The van der Waals surface area contributed by atoms with Crippen molar-refractivity contribution in [3.8, 4) is 0 Å². The standard InChI is InChI=1S/C11H11NOS/c1-9-2-4-12(11(13)6-9)7-10-3-5-14-8-10/h2-6,8H,7H2,1H3. The van der Waals surface area contributed by atoms with Crippen molar-refractivity contribution in [3.05, 3.63) is 56.6 Å². The van der Waals surface area contributed by atoms with E-state index in [1.165, 1.54) is 5.56 Å². The van der Waals surface area contributed by atoms with Gasteiger partial charge in [-0.15, -0.1) is 0 Å². The van der Waals surface area contributed by atoms with Gasteiger partial charge in [0, 0.05) is 12.3 Å². The topological polar surface area (TPSA) is 22.0 Å². The van der Waals surface area contributed by atoms with Gasteiger partial charge < -0.3 is 4.57 Å². The SMILES string of the molecule is Cc1ccn(Cc2ccsc2)c(=O)c1. The molecule has 3 heteroatoms. The molecule has 2 aromatic rings. The molecule has 0 saturated heterocycles. The van der Waals surface area contributed by atoms with Crippen molar-refractivity contribution in [1.29, 1.82) is 0 Å². The van der Waals surface area contributed by atoms with Crippen LogP contribution in [-0.4, -0.2) is 4.57 Å². The molecule has 2 heterocycles. The van der Waals surface area contributed by atoms with Crippen LogP contribution in [0.15, 0.2) is 40.0 Å². The maximum Gasteiger partial charge on any atom is 0.251 e. The highest BCUT2D eigenvalue weighted by atomic mass is 32.1. The summed E-state index contributed by atoms with van der Waals surface area (Å²) in [7, 11) is 0. The van der Waals surface area contributed by atoms with E-state index < -0.39 is 0 Å². The lowest BCUT2D eigenvalue weighted by atomic mass is 10.3. The fourth-order valence-electron chi connectivity index (χ4n) is 1.32. The molecule has 0 atom stereocenters. The molecule has 2 nitrogen and oxygen atoms in total. The first kappa shape index (κ1) is 9.21. The van der Waals surface area contributed by atoms with Gasteiger partial charge in [0.1, 0.15) is 0 Å². The van der Waals surface area contributed by atoms with E-state index >= 15 is 0 Å². The Balaban J connectivity index is 2.30. The van der Waals surface area contributed by atoms with Gasteiger partial charge in [-0.1, -0.05) is 0 Å². The third-order valence-corrected chi connectivity index (χ3v) is 2.82. The third kappa shape index (κ3) is 1.93. The average molecular weight is 205 g/mol. The lowest BCUT2D eigenvalue weighted by Gasteiger charge is -2.03. The van der Waals surface area contributed by atoms with Crippen LogP contribution in [0, 0.1) is 6.92 Å². The van der Waals surface area contributed by atoms with Crippen molar-refractivity contribution >= 4 is 11.3 Å². The molecule has 0 aliphatic heterocycles. The summed E-state index contributed by atoms with van der Waals surface area (Å²) in [6.07, 6.45) is 1.84. The Labute approximate surface area is 86.4 Å². The lowest BCUT2D eigenvalue weighted by Crippen LogP contribution is -2.18. The zero-order valence-electron chi connectivity index (χ0n) is 7.93. The zero-order chi connectivity index (χ0) is 9.97. The maximum atomic E-state index is 11.5. The summed E-state index contributed by atoms with van der Waals surface area (Å²) < 4.78 is 1.72. The first-order chi connectivity index (χ1) is 6.75. The van der Waals surface area contributed by atoms with Gasteiger partial charge in [-0.3, -0.25) is 4.79 Å². The number of hydrogen-bond acceptors (Lipinski definition) is 2. The summed E-state index contributed by atoms with van der Waals surface area (Å²) in [5.74, 6) is 0. The Morgan fingerprint density at radius 1 is 1.43 bits per heavy atom. The molecule has 0 saturated carbocycles. The van der Waals surface area contributed by atoms with Crippen LogP contribution < -0.4 is 5.56 Å². The third-order valence-electron chi connectivity index (χ3n) is 2.08. The minimum atomic E-state index is 0.0659. The molecule has 0 radical (unpaired) electrons. The molecule has 0 spiro atoms. The van der Waals surface area contributed by atoms with E-state index in [0.29, 0.717) is 6.54 Å². The van der Waals surface area contributed by atoms with Gasteiger partial charge in [-0.25, -0.2) is 0 Å². The minimum Gasteiger partial charge on any atom is -0.311 e. The van der Waals surface area contributed by atoms with E-state index in [-0.39, 0.29) is 5.56 Å². The highest BCUT2D eigenvalue weighted by Crippen LogP contribution is 2.06. The quantitative estimate of drug-likeness (QED) is 0.737. The molecule has 72 valence electrons. The van der Waals surface area contributed by atoms with E-state index in [2.05, 4.69) is 5.38 Å². The van der Waals surface area contributed by atoms with E-state index in [1.807, 2.05) is 30.6 Å². The molecule has 0 N–H and O–H groups in total. The zero-order valence-corrected chi connectivity index (χ0v) is 8.75. The molecule has 2 aromatic heterocycles. The predicted octanol–water partition coefficient (Wildman–Crippen LogP) is 2.27. The van der Waals surface area contributed by atoms with Gasteiger partial charge in [0.05, 0.1) is 6.54 Å². The first-order valence-corrected chi connectivity index (χ1v) is 5.38. The predicted molar refractivity (Wildman–Crippen MR) is 58.9 cm³/mol. The highest BCUT2D eigenvalue weighted by molar-refractivity contribution is 7.07. The van der Waals surface area contributed by atoms with Gasteiger partial charge in [-0.05, 0) is 40.9 Å². The van der Waals surface area contributed by atoms with Crippen LogP contribution >= 0.6 is 11.3 Å². The number of nitrogens with zero attached hydrogens (tertiary/aromatic N) is 1. The Kier molecular flexibility index (Phi) is 2.50. The molecule has 0 aliphatic carbocycles. The number of aromatic nitrogens is 1. The summed E-state index contributed by atoms with van der Waals surface area (Å²) in [5.41, 5.74) is 2.26. The van der Waals surface area contributed by atoms with Gasteiger partial charge in [0.25, 0.3) is 5.56 Å². The van der Waals surface area contributed by atoms with Crippen LogP contribution in [0.25, 0.3) is 0 Å². The van der Waals surface area contributed by atoms with E-state index in [1.54, 1.807) is 22.0 Å². The average Bonchev–Trinajstić information content (AvgIpc) is 2.62. The molecule has 0 aliphatic rings. The monoisotopic (exact) mass is 205 g/mol. The van der Waals surface area contributed by atoms with Gasteiger partial charge in [0.2, 0.25) is 0 Å². The van der Waals surface area contributed by atoms with Crippen LogP contribution in [0.3, 0.4) is 0 Å². The summed E-state index contributed by atoms with van der Waals surface area (Å²) in [6, 6.07) is 5.65. The van der Waals surface area contributed by atoms with Crippen molar-refractivity contribution in [3.63, 3.8) is 0 Å². The normalized spacial score (nSPS) is 10.4. The fraction of sp³-hybridized carbons (Fsp3) is 0.182. The van der Waals surface area contributed by atoms with E-state index in [0.717, 1.165) is 5.56 Å².